The predicted octanol–water partition coefficient (Wildman–Crippen LogP) is 2.20. The average molecular weight is 254 g/mol. The number of alkyl halides is 1. The van der Waals surface area contributed by atoms with Gasteiger partial charge in [0.25, 0.3) is 0 Å². The van der Waals surface area contributed by atoms with E-state index in [1.807, 2.05) is 18.2 Å². The molecule has 1 aromatic carbocycles. The minimum Gasteiger partial charge on any atom is -0.481 e. The van der Waals surface area contributed by atoms with Gasteiger partial charge in [-0.05, 0) is 24.0 Å². The monoisotopic (exact) mass is 253 g/mol. The molecule has 92 valence electrons. The maximum Gasteiger partial charge on any atom is 0.308 e. The molecular weight excluding hydrogens is 238 g/mol. The second-order valence-electron chi connectivity index (χ2n) is 4.30. The molecule has 0 bridgehead atoms. The van der Waals surface area contributed by atoms with Crippen molar-refractivity contribution in [2.75, 3.05) is 12.4 Å². The van der Waals surface area contributed by atoms with E-state index in [2.05, 4.69) is 11.4 Å². The lowest BCUT2D eigenvalue weighted by molar-refractivity contribution is -0.143. The van der Waals surface area contributed by atoms with Crippen LogP contribution in [0.4, 0.5) is 0 Å². The number of carboxylic acids is 1. The van der Waals surface area contributed by atoms with Crippen molar-refractivity contribution in [3.63, 3.8) is 0 Å². The number of carboxylic acid groups (broad SMARTS) is 1. The Morgan fingerprint density at radius 2 is 2.24 bits per heavy atom. The van der Waals surface area contributed by atoms with Crippen LogP contribution in [0.5, 0.6) is 0 Å². The Bertz CT molecular complexity index is 408. The van der Waals surface area contributed by atoms with E-state index in [4.69, 9.17) is 11.6 Å². The van der Waals surface area contributed by atoms with E-state index in [-0.39, 0.29) is 12.0 Å². The molecule has 2 atom stereocenters. The van der Waals surface area contributed by atoms with E-state index in [1.165, 1.54) is 5.56 Å². The van der Waals surface area contributed by atoms with E-state index >= 15 is 0 Å². The molecule has 0 radical (unpaired) electrons. The molecule has 0 aliphatic heterocycles. The Kier molecular flexibility index (Phi) is 4.02. The molecule has 4 heteroatoms. The zero-order valence-electron chi connectivity index (χ0n) is 9.53. The van der Waals surface area contributed by atoms with Gasteiger partial charge in [0.1, 0.15) is 0 Å². The average Bonchev–Trinajstić information content (AvgIpc) is 2.35. The fourth-order valence-corrected chi connectivity index (χ4v) is 2.60. The number of rotatable bonds is 4. The second kappa shape index (κ2) is 5.52. The van der Waals surface area contributed by atoms with Gasteiger partial charge >= 0.3 is 5.97 Å². The number of hydrogen-bond donors (Lipinski definition) is 2. The molecular formula is C13H16ClNO2. The van der Waals surface area contributed by atoms with Gasteiger partial charge in [-0.15, -0.1) is 11.6 Å². The Labute approximate surface area is 106 Å². The number of fused-ring (bicyclic) bond motifs is 1. The van der Waals surface area contributed by atoms with Gasteiger partial charge < -0.3 is 10.4 Å². The lowest BCUT2D eigenvalue weighted by Crippen LogP contribution is -2.37. The van der Waals surface area contributed by atoms with Crippen LogP contribution in [0, 0.1) is 5.92 Å². The normalized spacial score (nSPS) is 23.1. The molecule has 0 aromatic heterocycles. The molecule has 17 heavy (non-hydrogen) atoms. The summed E-state index contributed by atoms with van der Waals surface area (Å²) in [5.74, 6) is -0.593. The molecule has 3 nitrogen and oxygen atoms in total. The van der Waals surface area contributed by atoms with Crippen molar-refractivity contribution in [2.24, 2.45) is 5.92 Å². The SMILES string of the molecule is O=C(O)C1CCc2ccccc2C1NCCCl. The van der Waals surface area contributed by atoms with Crippen molar-refractivity contribution in [3.05, 3.63) is 35.4 Å². The molecule has 0 fully saturated rings. The third-order valence-corrected chi connectivity index (χ3v) is 3.48. The van der Waals surface area contributed by atoms with E-state index < -0.39 is 5.97 Å². The van der Waals surface area contributed by atoms with E-state index in [1.54, 1.807) is 0 Å². The number of aryl methyl sites for hydroxylation is 1. The highest BCUT2D eigenvalue weighted by atomic mass is 35.5. The highest BCUT2D eigenvalue weighted by molar-refractivity contribution is 6.18. The number of halogens is 1. The fourth-order valence-electron chi connectivity index (χ4n) is 2.49. The first kappa shape index (κ1) is 12.4. The Morgan fingerprint density at radius 3 is 2.94 bits per heavy atom. The molecule has 0 saturated heterocycles. The van der Waals surface area contributed by atoms with Gasteiger partial charge in [-0.3, -0.25) is 4.79 Å². The largest absolute Gasteiger partial charge is 0.481 e. The van der Waals surface area contributed by atoms with Gasteiger partial charge in [-0.25, -0.2) is 0 Å². The van der Waals surface area contributed by atoms with Crippen LogP contribution in [0.15, 0.2) is 24.3 Å². The summed E-state index contributed by atoms with van der Waals surface area (Å²) in [6, 6.07) is 7.92. The van der Waals surface area contributed by atoms with Gasteiger partial charge in [-0.2, -0.15) is 0 Å². The fraction of sp³-hybridized carbons (Fsp3) is 0.462. The third-order valence-electron chi connectivity index (χ3n) is 3.29. The zero-order chi connectivity index (χ0) is 12.3. The van der Waals surface area contributed by atoms with Crippen molar-refractivity contribution in [2.45, 2.75) is 18.9 Å². The van der Waals surface area contributed by atoms with E-state index in [0.29, 0.717) is 18.8 Å². The molecule has 1 aliphatic carbocycles. The Hall–Kier alpha value is -1.06. The highest BCUT2D eigenvalue weighted by Gasteiger charge is 2.33. The van der Waals surface area contributed by atoms with Crippen molar-refractivity contribution in [1.82, 2.24) is 5.32 Å². The topological polar surface area (TPSA) is 49.3 Å². The van der Waals surface area contributed by atoms with Gasteiger partial charge in [0.15, 0.2) is 0 Å². The smallest absolute Gasteiger partial charge is 0.308 e. The van der Waals surface area contributed by atoms with Crippen molar-refractivity contribution in [3.8, 4) is 0 Å². The number of benzene rings is 1. The summed E-state index contributed by atoms with van der Waals surface area (Å²) in [6.45, 7) is 0.629. The second-order valence-corrected chi connectivity index (χ2v) is 4.68. The van der Waals surface area contributed by atoms with Crippen LogP contribution in [-0.4, -0.2) is 23.5 Å². The number of aliphatic carboxylic acids is 1. The quantitative estimate of drug-likeness (QED) is 0.809. The van der Waals surface area contributed by atoms with Crippen LogP contribution in [0.25, 0.3) is 0 Å². The number of carbonyl (C=O) groups is 1. The first-order valence-corrected chi connectivity index (χ1v) is 6.37. The zero-order valence-corrected chi connectivity index (χ0v) is 10.3. The lowest BCUT2D eigenvalue weighted by Gasteiger charge is -2.31. The summed E-state index contributed by atoms with van der Waals surface area (Å²) in [5.41, 5.74) is 2.35. The summed E-state index contributed by atoms with van der Waals surface area (Å²) in [6.07, 6.45) is 1.53. The summed E-state index contributed by atoms with van der Waals surface area (Å²) < 4.78 is 0. The van der Waals surface area contributed by atoms with Gasteiger partial charge in [-0.1, -0.05) is 24.3 Å². The van der Waals surface area contributed by atoms with Crippen LogP contribution >= 0.6 is 11.6 Å². The van der Waals surface area contributed by atoms with Crippen LogP contribution in [0.1, 0.15) is 23.6 Å². The molecule has 1 aliphatic rings. The Balaban J connectivity index is 2.28. The minimum absolute atomic E-state index is 0.115. The summed E-state index contributed by atoms with van der Waals surface area (Å²) in [7, 11) is 0. The molecule has 2 unspecified atom stereocenters. The van der Waals surface area contributed by atoms with Crippen molar-refractivity contribution < 1.29 is 9.90 Å². The van der Waals surface area contributed by atoms with Gasteiger partial charge in [0.05, 0.1) is 5.92 Å². The number of nitrogens with one attached hydrogen (secondary N) is 1. The maximum atomic E-state index is 11.3. The maximum absolute atomic E-state index is 11.3. The lowest BCUT2D eigenvalue weighted by atomic mass is 9.79. The van der Waals surface area contributed by atoms with Crippen LogP contribution < -0.4 is 5.32 Å². The standard InChI is InChI=1S/C13H16ClNO2/c14-7-8-15-12-10-4-2-1-3-9(10)5-6-11(12)13(16)17/h1-4,11-12,15H,5-8H2,(H,16,17). The molecule has 0 heterocycles. The molecule has 2 rings (SSSR count). The third kappa shape index (κ3) is 2.61. The predicted molar refractivity (Wildman–Crippen MR) is 67.4 cm³/mol. The summed E-state index contributed by atoms with van der Waals surface area (Å²) in [5, 5.41) is 12.5. The molecule has 0 amide bonds. The molecule has 0 spiro atoms. The first-order valence-electron chi connectivity index (χ1n) is 5.84. The van der Waals surface area contributed by atoms with Crippen molar-refractivity contribution in [1.29, 1.82) is 0 Å². The highest BCUT2D eigenvalue weighted by Crippen LogP contribution is 2.34. The van der Waals surface area contributed by atoms with Gasteiger partial charge in [0.2, 0.25) is 0 Å². The first-order chi connectivity index (χ1) is 8.24. The summed E-state index contributed by atoms with van der Waals surface area (Å²) >= 11 is 5.67. The molecule has 1 aromatic rings. The van der Waals surface area contributed by atoms with E-state index in [9.17, 15) is 9.90 Å². The molecule has 2 N–H and O–H groups in total. The van der Waals surface area contributed by atoms with Crippen LogP contribution in [-0.2, 0) is 11.2 Å². The van der Waals surface area contributed by atoms with Gasteiger partial charge in [0, 0.05) is 18.5 Å². The van der Waals surface area contributed by atoms with E-state index in [0.717, 1.165) is 12.0 Å². The minimum atomic E-state index is -0.730. The van der Waals surface area contributed by atoms with Crippen LogP contribution in [0.2, 0.25) is 0 Å². The van der Waals surface area contributed by atoms with Crippen molar-refractivity contribution >= 4 is 17.6 Å². The summed E-state index contributed by atoms with van der Waals surface area (Å²) in [4.78, 5) is 11.3. The number of hydrogen-bond acceptors (Lipinski definition) is 2. The Morgan fingerprint density at radius 1 is 1.47 bits per heavy atom. The molecule has 0 saturated carbocycles. The van der Waals surface area contributed by atoms with Crippen LogP contribution in [0.3, 0.4) is 0 Å².